The smallest absolute Gasteiger partial charge is 0.328 e. The van der Waals surface area contributed by atoms with E-state index in [9.17, 15) is 9.00 Å². The average Bonchev–Trinajstić information content (AvgIpc) is 2.91. The van der Waals surface area contributed by atoms with E-state index in [2.05, 4.69) is 15.0 Å². The van der Waals surface area contributed by atoms with Crippen LogP contribution in [0.5, 0.6) is 0 Å². The number of methoxy groups -OCH3 is 1. The van der Waals surface area contributed by atoms with Crippen molar-refractivity contribution in [3.8, 4) is 0 Å². The zero-order valence-corrected chi connectivity index (χ0v) is 14.4. The number of nitrogens with two attached hydrogens (primary N) is 1. The van der Waals surface area contributed by atoms with Crippen LogP contribution in [0.15, 0.2) is 40.3 Å². The molecule has 2 aromatic heterocycles. The molecule has 0 saturated carbocycles. The molecule has 0 aliphatic carbocycles. The van der Waals surface area contributed by atoms with Crippen LogP contribution in [-0.4, -0.2) is 43.2 Å². The second-order valence-corrected chi connectivity index (χ2v) is 7.59. The van der Waals surface area contributed by atoms with E-state index in [0.29, 0.717) is 0 Å². The number of H-pyrrole nitrogens is 1. The van der Waals surface area contributed by atoms with Crippen LogP contribution in [0.2, 0.25) is 0 Å². The Hall–Kier alpha value is -2.72. The number of hydrogen-bond acceptors (Lipinski definition) is 7. The van der Waals surface area contributed by atoms with E-state index in [0.717, 1.165) is 5.56 Å². The topological polar surface area (TPSA) is 140 Å². The highest BCUT2D eigenvalue weighted by atomic mass is 32.2. The molecular formula is C15H18N6O3S. The Bertz CT molecular complexity index is 1060. The normalized spacial score (nSPS) is 13.8. The van der Waals surface area contributed by atoms with Crippen molar-refractivity contribution in [3.63, 3.8) is 0 Å². The lowest BCUT2D eigenvalue weighted by Crippen LogP contribution is -2.18. The zero-order chi connectivity index (χ0) is 18.0. The van der Waals surface area contributed by atoms with Gasteiger partial charge in [-0.05, 0) is 5.56 Å². The van der Waals surface area contributed by atoms with E-state index in [1.54, 1.807) is 0 Å². The molecule has 1 aromatic carbocycles. The fraction of sp³-hybridized carbons (Fsp3) is 0.267. The number of fused-ring (bicyclic) bond motifs is 1. The first kappa shape index (κ1) is 17.1. The van der Waals surface area contributed by atoms with Crippen LogP contribution in [0.25, 0.3) is 11.2 Å². The number of nitrogens with one attached hydrogen (secondary N) is 2. The molecule has 0 aliphatic rings. The molecule has 9 nitrogen and oxygen atoms in total. The summed E-state index contributed by atoms with van der Waals surface area (Å²) < 4.78 is 26.8. The molecule has 25 heavy (non-hydrogen) atoms. The second-order valence-electron chi connectivity index (χ2n) is 5.46. The summed E-state index contributed by atoms with van der Waals surface area (Å²) in [7, 11) is -1.82. The highest BCUT2D eigenvalue weighted by molar-refractivity contribution is 7.92. The maximum absolute atomic E-state index is 12.5. The number of rotatable bonds is 6. The molecule has 0 fully saturated rings. The number of nitrogens with zero attached hydrogens (tertiary/aromatic N) is 3. The molecule has 1 unspecified atom stereocenters. The van der Waals surface area contributed by atoms with Gasteiger partial charge in [-0.1, -0.05) is 30.3 Å². The summed E-state index contributed by atoms with van der Waals surface area (Å²) >= 11 is 0. The first-order valence-corrected chi connectivity index (χ1v) is 9.20. The van der Waals surface area contributed by atoms with Crippen molar-refractivity contribution in [1.82, 2.24) is 19.5 Å². The molecule has 2 heterocycles. The molecule has 0 aliphatic heterocycles. The molecular weight excluding hydrogens is 344 g/mol. The predicted octanol–water partition coefficient (Wildman–Crippen LogP) is 0.802. The molecule has 0 bridgehead atoms. The third kappa shape index (κ3) is 3.39. The van der Waals surface area contributed by atoms with Gasteiger partial charge in [-0.25, -0.2) is 18.8 Å². The summed E-state index contributed by atoms with van der Waals surface area (Å²) in [6.07, 6.45) is 0. The van der Waals surface area contributed by atoms with Crippen LogP contribution in [0, 0.1) is 4.78 Å². The largest absolute Gasteiger partial charge is 0.384 e. The minimum Gasteiger partial charge on any atom is -0.384 e. The van der Waals surface area contributed by atoms with E-state index >= 15 is 0 Å². The Morgan fingerprint density at radius 3 is 2.72 bits per heavy atom. The van der Waals surface area contributed by atoms with E-state index in [1.807, 2.05) is 30.3 Å². The molecule has 10 heteroatoms. The quantitative estimate of drug-likeness (QED) is 0.554. The number of hydrogen-bond donors (Lipinski definition) is 3. The third-order valence-electron chi connectivity index (χ3n) is 3.68. The first-order chi connectivity index (χ1) is 11.9. The van der Waals surface area contributed by atoms with Crippen LogP contribution in [-0.2, 0) is 21.0 Å². The molecule has 0 radical (unpaired) electrons. The monoisotopic (exact) mass is 362 g/mol. The lowest BCUT2D eigenvalue weighted by molar-refractivity contribution is 0.217. The second kappa shape index (κ2) is 6.65. The summed E-state index contributed by atoms with van der Waals surface area (Å²) in [5.74, 6) is -0.0665. The van der Waals surface area contributed by atoms with Crippen molar-refractivity contribution >= 4 is 26.7 Å². The predicted molar refractivity (Wildman–Crippen MR) is 94.0 cm³/mol. The molecule has 0 saturated heterocycles. The van der Waals surface area contributed by atoms with Crippen molar-refractivity contribution < 1.29 is 8.95 Å². The zero-order valence-electron chi connectivity index (χ0n) is 13.6. The SMILES string of the molecule is COCCS(=N)(=O)c1nc(N)c2[nH]c(=O)n(Cc3ccccc3)c2n1. The van der Waals surface area contributed by atoms with Gasteiger partial charge in [-0.2, -0.15) is 4.98 Å². The van der Waals surface area contributed by atoms with Crippen LogP contribution in [0.4, 0.5) is 5.82 Å². The van der Waals surface area contributed by atoms with Crippen molar-refractivity contribution in [2.75, 3.05) is 25.2 Å². The number of benzene rings is 1. The van der Waals surface area contributed by atoms with Crippen LogP contribution in [0.3, 0.4) is 0 Å². The van der Waals surface area contributed by atoms with Crippen molar-refractivity contribution in [2.24, 2.45) is 0 Å². The molecule has 0 amide bonds. The molecule has 1 atom stereocenters. The summed E-state index contributed by atoms with van der Waals surface area (Å²) in [5.41, 5.74) is 6.88. The Kier molecular flexibility index (Phi) is 4.55. The van der Waals surface area contributed by atoms with Crippen LogP contribution < -0.4 is 11.4 Å². The molecule has 3 aromatic rings. The molecule has 3 rings (SSSR count). The molecule has 132 valence electrons. The molecule has 0 spiro atoms. The van der Waals surface area contributed by atoms with Gasteiger partial charge in [-0.15, -0.1) is 0 Å². The van der Waals surface area contributed by atoms with Gasteiger partial charge in [0.15, 0.2) is 11.5 Å². The van der Waals surface area contributed by atoms with Crippen molar-refractivity contribution in [2.45, 2.75) is 11.7 Å². The van der Waals surface area contributed by atoms with Crippen LogP contribution >= 0.6 is 0 Å². The number of imidazole rings is 1. The summed E-state index contributed by atoms with van der Waals surface area (Å²) in [5, 5.41) is -0.199. The van der Waals surface area contributed by atoms with Gasteiger partial charge >= 0.3 is 5.69 Å². The fourth-order valence-corrected chi connectivity index (χ4v) is 3.45. The first-order valence-electron chi connectivity index (χ1n) is 7.48. The summed E-state index contributed by atoms with van der Waals surface area (Å²) in [4.78, 5) is 23.0. The lowest BCUT2D eigenvalue weighted by atomic mass is 10.2. The number of aromatic nitrogens is 4. The summed E-state index contributed by atoms with van der Waals surface area (Å²) in [6.45, 7) is 0.403. The average molecular weight is 362 g/mol. The number of aromatic amines is 1. The Morgan fingerprint density at radius 2 is 2.04 bits per heavy atom. The Labute approximate surface area is 143 Å². The maximum Gasteiger partial charge on any atom is 0.328 e. The maximum atomic E-state index is 12.5. The Balaban J connectivity index is 2.13. The number of anilines is 1. The van der Waals surface area contributed by atoms with Gasteiger partial charge in [0, 0.05) is 7.11 Å². The van der Waals surface area contributed by atoms with Crippen molar-refractivity contribution in [1.29, 1.82) is 4.78 Å². The number of nitrogen functional groups attached to an aromatic ring is 1. The lowest BCUT2D eigenvalue weighted by Gasteiger charge is -2.08. The van der Waals surface area contributed by atoms with E-state index in [4.69, 9.17) is 15.3 Å². The van der Waals surface area contributed by atoms with Gasteiger partial charge in [0.1, 0.15) is 15.2 Å². The van der Waals surface area contributed by atoms with E-state index in [1.165, 1.54) is 11.7 Å². The highest BCUT2D eigenvalue weighted by Crippen LogP contribution is 2.18. The third-order valence-corrected chi connectivity index (χ3v) is 5.20. The van der Waals surface area contributed by atoms with Gasteiger partial charge in [0.25, 0.3) is 0 Å². The minimum absolute atomic E-state index is 0.0127. The standard InChI is InChI=1S/C15H18N6O3S/c1-24-7-8-25(17,23)14-19-12(16)11-13(20-14)21(15(22)18-11)9-10-5-3-2-4-6-10/h2-6,17H,7-9H2,1H3,(H,18,22)(H2,16,19,20). The van der Waals surface area contributed by atoms with Gasteiger partial charge in [0.2, 0.25) is 5.16 Å². The number of ether oxygens (including phenoxy) is 1. The Morgan fingerprint density at radius 1 is 1.32 bits per heavy atom. The van der Waals surface area contributed by atoms with Gasteiger partial charge < -0.3 is 15.5 Å². The fourth-order valence-electron chi connectivity index (χ4n) is 2.38. The minimum atomic E-state index is -3.27. The van der Waals surface area contributed by atoms with Gasteiger partial charge in [0.05, 0.1) is 18.9 Å². The van der Waals surface area contributed by atoms with Gasteiger partial charge in [-0.3, -0.25) is 4.57 Å². The van der Waals surface area contributed by atoms with Crippen LogP contribution in [0.1, 0.15) is 5.56 Å². The van der Waals surface area contributed by atoms with E-state index < -0.39 is 15.4 Å². The van der Waals surface area contributed by atoms with E-state index in [-0.39, 0.29) is 41.0 Å². The van der Waals surface area contributed by atoms with Crippen molar-refractivity contribution in [3.05, 3.63) is 46.4 Å². The highest BCUT2D eigenvalue weighted by Gasteiger charge is 2.20. The summed E-state index contributed by atoms with van der Waals surface area (Å²) in [6, 6.07) is 9.37. The molecule has 4 N–H and O–H groups in total.